The molecule has 184 valence electrons. The Labute approximate surface area is 217 Å². The van der Waals surface area contributed by atoms with Crippen LogP contribution in [-0.4, -0.2) is 22.3 Å². The Morgan fingerprint density at radius 1 is 1.14 bits per heavy atom. The zero-order chi connectivity index (χ0) is 26.2. The first kappa shape index (κ1) is 25.2. The highest BCUT2D eigenvalue weighted by molar-refractivity contribution is 6.02. The number of hydrogen-bond acceptors (Lipinski definition) is 4. The van der Waals surface area contributed by atoms with Gasteiger partial charge in [-0.25, -0.2) is 4.68 Å². The second-order valence-electron chi connectivity index (χ2n) is 8.57. The van der Waals surface area contributed by atoms with Crippen LogP contribution in [0.4, 0.5) is 0 Å². The first-order valence-electron chi connectivity index (χ1n) is 12.0. The van der Waals surface area contributed by atoms with Gasteiger partial charge in [-0.3, -0.25) is 4.79 Å². The average molecular weight is 489 g/mol. The van der Waals surface area contributed by atoms with E-state index in [1.165, 1.54) is 0 Å². The van der Waals surface area contributed by atoms with Crippen LogP contribution in [0.15, 0.2) is 103 Å². The van der Waals surface area contributed by atoms with Crippen LogP contribution in [0.3, 0.4) is 0 Å². The monoisotopic (exact) mass is 488 g/mol. The van der Waals surface area contributed by atoms with Gasteiger partial charge in [-0.15, -0.1) is 0 Å². The van der Waals surface area contributed by atoms with Gasteiger partial charge in [-0.05, 0) is 61.4 Å². The highest BCUT2D eigenvalue weighted by Crippen LogP contribution is 2.30. The molecule has 0 aliphatic carbocycles. The highest BCUT2D eigenvalue weighted by atomic mass is 16.5. The minimum Gasteiger partial charge on any atom is -0.489 e. The number of rotatable bonds is 9. The van der Waals surface area contributed by atoms with Crippen LogP contribution in [-0.2, 0) is 4.79 Å². The summed E-state index contributed by atoms with van der Waals surface area (Å²) in [6.07, 6.45) is 5.12. The van der Waals surface area contributed by atoms with Crippen LogP contribution in [0.2, 0.25) is 0 Å². The third-order valence-electron chi connectivity index (χ3n) is 5.88. The number of aromatic nitrogens is 2. The molecule has 0 spiro atoms. The summed E-state index contributed by atoms with van der Waals surface area (Å²) >= 11 is 0. The number of nitriles is 1. The van der Waals surface area contributed by atoms with Crippen molar-refractivity contribution in [3.05, 3.63) is 120 Å². The number of carbonyl (C=O) groups excluding carboxylic acids is 1. The fourth-order valence-electron chi connectivity index (χ4n) is 3.94. The summed E-state index contributed by atoms with van der Waals surface area (Å²) < 4.78 is 7.46. The molecule has 0 bridgehead atoms. The second-order valence-corrected chi connectivity index (χ2v) is 8.57. The van der Waals surface area contributed by atoms with Gasteiger partial charge in [0.2, 0.25) is 0 Å². The normalized spacial score (nSPS) is 11.9. The number of amides is 1. The summed E-state index contributed by atoms with van der Waals surface area (Å²) in [5, 5.41) is 17.6. The molecule has 1 aromatic heterocycles. The second kappa shape index (κ2) is 11.7. The molecule has 0 unspecified atom stereocenters. The number of para-hydroxylation sites is 1. The smallest absolute Gasteiger partial charge is 0.262 e. The van der Waals surface area contributed by atoms with E-state index in [-0.39, 0.29) is 11.6 Å². The van der Waals surface area contributed by atoms with E-state index in [0.717, 1.165) is 28.1 Å². The van der Waals surface area contributed by atoms with Gasteiger partial charge in [-0.2, -0.15) is 10.4 Å². The molecule has 0 aliphatic heterocycles. The molecule has 3 aromatic carbocycles. The number of hydrogen-bond donors (Lipinski definition) is 1. The lowest BCUT2D eigenvalue weighted by atomic mass is 10.0. The fraction of sp³-hybridized carbons (Fsp3) is 0.129. The maximum Gasteiger partial charge on any atom is 0.262 e. The quantitative estimate of drug-likeness (QED) is 0.173. The summed E-state index contributed by atoms with van der Waals surface area (Å²) in [6, 6.07) is 26.9. The number of ether oxygens (including phenoxy) is 1. The van der Waals surface area contributed by atoms with E-state index in [4.69, 9.17) is 9.84 Å². The number of nitrogens with zero attached hydrogens (tertiary/aromatic N) is 3. The van der Waals surface area contributed by atoms with Gasteiger partial charge in [0, 0.05) is 17.3 Å². The number of aryl methyl sites for hydroxylation is 1. The van der Waals surface area contributed by atoms with E-state index in [0.29, 0.717) is 17.9 Å². The first-order chi connectivity index (χ1) is 18.0. The molecule has 1 N–H and O–H groups in total. The van der Waals surface area contributed by atoms with Gasteiger partial charge in [0.05, 0.1) is 11.7 Å². The van der Waals surface area contributed by atoms with Gasteiger partial charge < -0.3 is 10.1 Å². The lowest BCUT2D eigenvalue weighted by Gasteiger charge is -2.13. The molecule has 6 heteroatoms. The van der Waals surface area contributed by atoms with Crippen LogP contribution < -0.4 is 10.1 Å². The Hall–Kier alpha value is -4.89. The van der Waals surface area contributed by atoms with E-state index in [1.54, 1.807) is 16.8 Å². The Balaban J connectivity index is 1.72. The van der Waals surface area contributed by atoms with Crippen molar-refractivity contribution in [2.75, 3.05) is 6.61 Å². The molecule has 4 aromatic rings. The maximum atomic E-state index is 13.0. The molecule has 0 radical (unpaired) electrons. The molecule has 4 rings (SSSR count). The maximum absolute atomic E-state index is 13.0. The summed E-state index contributed by atoms with van der Waals surface area (Å²) in [6.45, 7) is 7.96. The third-order valence-corrected chi connectivity index (χ3v) is 5.88. The largest absolute Gasteiger partial charge is 0.489 e. The van der Waals surface area contributed by atoms with Crippen LogP contribution in [0.5, 0.6) is 5.75 Å². The lowest BCUT2D eigenvalue weighted by Crippen LogP contribution is -2.27. The molecule has 37 heavy (non-hydrogen) atoms. The Kier molecular flexibility index (Phi) is 7.97. The van der Waals surface area contributed by atoms with Gasteiger partial charge in [0.15, 0.2) is 0 Å². The molecular formula is C31H28N4O2. The molecule has 1 amide bonds. The van der Waals surface area contributed by atoms with Gasteiger partial charge in [-0.1, -0.05) is 61.2 Å². The van der Waals surface area contributed by atoms with E-state index < -0.39 is 5.91 Å². The fourth-order valence-corrected chi connectivity index (χ4v) is 3.94. The van der Waals surface area contributed by atoms with Gasteiger partial charge in [0.1, 0.15) is 29.7 Å². The molecule has 1 atom stereocenters. The lowest BCUT2D eigenvalue weighted by molar-refractivity contribution is -0.117. The van der Waals surface area contributed by atoms with Crippen LogP contribution in [0, 0.1) is 18.3 Å². The summed E-state index contributed by atoms with van der Waals surface area (Å²) in [5.74, 6) is 0.317. The van der Waals surface area contributed by atoms with Crippen molar-refractivity contribution in [1.29, 1.82) is 5.26 Å². The standard InChI is InChI=1S/C31H28N4O2/c1-4-17-37-29-16-15-25(18-22(29)2)30-27(21-35(34-30)28-13-9-6-10-14-28)19-26(20-32)31(36)33-23(3)24-11-7-5-8-12-24/h4-16,18-19,21,23H,1,17H2,2-3H3,(H,33,36)/b26-19-/t23-/m0/s1. The molecule has 1 heterocycles. The van der Waals surface area contributed by atoms with Gasteiger partial charge >= 0.3 is 0 Å². The molecule has 0 aliphatic rings. The van der Waals surface area contributed by atoms with Crippen molar-refractivity contribution in [3.8, 4) is 28.8 Å². The van der Waals surface area contributed by atoms with Crippen molar-refractivity contribution < 1.29 is 9.53 Å². The minimum atomic E-state index is -0.443. The average Bonchev–Trinajstić information content (AvgIpc) is 3.35. The SMILES string of the molecule is C=CCOc1ccc(-c2nn(-c3ccccc3)cc2/C=C(/C#N)C(=O)N[C@@H](C)c2ccccc2)cc1C. The van der Waals surface area contributed by atoms with E-state index >= 15 is 0 Å². The van der Waals surface area contributed by atoms with Crippen molar-refractivity contribution in [3.63, 3.8) is 0 Å². The molecule has 0 saturated carbocycles. The summed E-state index contributed by atoms with van der Waals surface area (Å²) in [4.78, 5) is 13.0. The highest BCUT2D eigenvalue weighted by Gasteiger charge is 2.18. The zero-order valence-electron chi connectivity index (χ0n) is 20.9. The zero-order valence-corrected chi connectivity index (χ0v) is 20.9. The minimum absolute atomic E-state index is 0.000647. The topological polar surface area (TPSA) is 79.9 Å². The predicted molar refractivity (Wildman–Crippen MR) is 146 cm³/mol. The summed E-state index contributed by atoms with van der Waals surface area (Å²) in [5.41, 5.74) is 4.92. The molecule has 6 nitrogen and oxygen atoms in total. The molecule has 0 saturated heterocycles. The summed E-state index contributed by atoms with van der Waals surface area (Å²) in [7, 11) is 0. The molecule has 0 fully saturated rings. The van der Waals surface area contributed by atoms with E-state index in [9.17, 15) is 10.1 Å². The third kappa shape index (κ3) is 6.03. The Morgan fingerprint density at radius 2 is 1.84 bits per heavy atom. The van der Waals surface area contributed by atoms with Crippen LogP contribution >= 0.6 is 0 Å². The van der Waals surface area contributed by atoms with Crippen molar-refractivity contribution in [2.24, 2.45) is 0 Å². The number of benzene rings is 3. The molecular weight excluding hydrogens is 460 g/mol. The first-order valence-corrected chi connectivity index (χ1v) is 12.0. The van der Waals surface area contributed by atoms with Crippen LogP contribution in [0.1, 0.15) is 29.7 Å². The van der Waals surface area contributed by atoms with Gasteiger partial charge in [0.25, 0.3) is 5.91 Å². The number of carbonyl (C=O) groups is 1. The van der Waals surface area contributed by atoms with Crippen molar-refractivity contribution in [2.45, 2.75) is 19.9 Å². The van der Waals surface area contributed by atoms with E-state index in [2.05, 4.69) is 18.0 Å². The van der Waals surface area contributed by atoms with Crippen molar-refractivity contribution in [1.82, 2.24) is 15.1 Å². The predicted octanol–water partition coefficient (Wildman–Crippen LogP) is 6.20. The Morgan fingerprint density at radius 3 is 2.49 bits per heavy atom. The Bertz CT molecular complexity index is 1460. The number of nitrogens with one attached hydrogen (secondary N) is 1. The van der Waals surface area contributed by atoms with Crippen LogP contribution in [0.25, 0.3) is 23.0 Å². The van der Waals surface area contributed by atoms with E-state index in [1.807, 2.05) is 98.9 Å². The van der Waals surface area contributed by atoms with Crippen molar-refractivity contribution >= 4 is 12.0 Å².